The van der Waals surface area contributed by atoms with Gasteiger partial charge in [-0.25, -0.2) is 4.57 Å². The normalized spacial score (nSPS) is 38.4. The smallest absolute Gasteiger partial charge is 0.392 e. The molecule has 0 aromatic rings. The van der Waals surface area contributed by atoms with Crippen LogP contribution in [0.15, 0.2) is 0 Å². The standard InChI is InChI=1S/C19H37O8P/c1-11(2)23-9-15-16(7-13(5)19(15)20)27-28(21,22)24-10-18-17(25-12(3)4)8-14(6)26-18/h11-20H,7-10H2,1-6H3,(H,21,22)/t13-,14-,15+,16?,17?,18+,19?/m0/s1. The van der Waals surface area contributed by atoms with E-state index in [1.807, 2.05) is 41.5 Å². The van der Waals surface area contributed by atoms with E-state index in [9.17, 15) is 14.6 Å². The summed E-state index contributed by atoms with van der Waals surface area (Å²) in [6, 6.07) is 0. The third-order valence-corrected chi connectivity index (χ3v) is 6.24. The number of rotatable bonds is 10. The van der Waals surface area contributed by atoms with Crippen LogP contribution in [0.5, 0.6) is 0 Å². The molecule has 28 heavy (non-hydrogen) atoms. The van der Waals surface area contributed by atoms with Crippen molar-refractivity contribution in [1.29, 1.82) is 0 Å². The van der Waals surface area contributed by atoms with Gasteiger partial charge in [0, 0.05) is 12.3 Å². The summed E-state index contributed by atoms with van der Waals surface area (Å²) in [6.07, 6.45) is -0.648. The number of aliphatic hydroxyl groups is 1. The first-order valence-corrected chi connectivity index (χ1v) is 11.7. The number of hydrogen-bond donors (Lipinski definition) is 2. The van der Waals surface area contributed by atoms with E-state index < -0.39 is 26.1 Å². The average Bonchev–Trinajstić information content (AvgIpc) is 3.02. The van der Waals surface area contributed by atoms with Crippen molar-refractivity contribution in [3.63, 3.8) is 0 Å². The van der Waals surface area contributed by atoms with E-state index in [2.05, 4.69) is 0 Å². The molecule has 2 rings (SSSR count). The van der Waals surface area contributed by atoms with Crippen molar-refractivity contribution < 1.29 is 37.8 Å². The van der Waals surface area contributed by atoms with Gasteiger partial charge in [0.2, 0.25) is 0 Å². The van der Waals surface area contributed by atoms with Crippen molar-refractivity contribution in [2.45, 2.75) is 97.1 Å². The summed E-state index contributed by atoms with van der Waals surface area (Å²) < 4.78 is 40.4. The van der Waals surface area contributed by atoms with E-state index in [0.29, 0.717) is 12.8 Å². The fourth-order valence-electron chi connectivity index (χ4n) is 3.88. The van der Waals surface area contributed by atoms with Crippen LogP contribution in [0.2, 0.25) is 0 Å². The zero-order valence-corrected chi connectivity index (χ0v) is 18.7. The minimum absolute atomic E-state index is 0.000243. The summed E-state index contributed by atoms with van der Waals surface area (Å²) in [5.74, 6) is -0.421. The van der Waals surface area contributed by atoms with Gasteiger partial charge in [0.05, 0.1) is 49.8 Å². The Morgan fingerprint density at radius 3 is 2.36 bits per heavy atom. The third-order valence-electron chi connectivity index (χ3n) is 5.23. The minimum atomic E-state index is -4.31. The zero-order valence-electron chi connectivity index (χ0n) is 17.8. The number of ether oxygens (including phenoxy) is 3. The van der Waals surface area contributed by atoms with Crippen LogP contribution in [0, 0.1) is 11.8 Å². The maximum atomic E-state index is 12.5. The molecule has 8 atom stereocenters. The summed E-state index contributed by atoms with van der Waals surface area (Å²) >= 11 is 0. The van der Waals surface area contributed by atoms with Crippen molar-refractivity contribution in [3.8, 4) is 0 Å². The van der Waals surface area contributed by atoms with E-state index in [1.165, 1.54) is 0 Å². The van der Waals surface area contributed by atoms with Gasteiger partial charge < -0.3 is 24.2 Å². The maximum absolute atomic E-state index is 12.5. The second kappa shape index (κ2) is 10.3. The van der Waals surface area contributed by atoms with Crippen LogP contribution >= 0.6 is 7.82 Å². The van der Waals surface area contributed by atoms with Crippen molar-refractivity contribution in [2.75, 3.05) is 13.2 Å². The van der Waals surface area contributed by atoms with Crippen LogP contribution in [0.4, 0.5) is 0 Å². The molecule has 0 amide bonds. The lowest BCUT2D eigenvalue weighted by Crippen LogP contribution is -2.32. The van der Waals surface area contributed by atoms with Gasteiger partial charge in [-0.1, -0.05) is 6.92 Å². The summed E-state index contributed by atoms with van der Waals surface area (Å²) in [7, 11) is -4.31. The lowest BCUT2D eigenvalue weighted by molar-refractivity contribution is -0.0661. The van der Waals surface area contributed by atoms with Crippen molar-refractivity contribution in [3.05, 3.63) is 0 Å². The summed E-state index contributed by atoms with van der Waals surface area (Å²) in [4.78, 5) is 10.2. The van der Waals surface area contributed by atoms with E-state index in [4.69, 9.17) is 23.3 Å². The zero-order chi connectivity index (χ0) is 21.1. The summed E-state index contributed by atoms with van der Waals surface area (Å²) in [5.41, 5.74) is 0. The molecular formula is C19H37O8P. The highest BCUT2D eigenvalue weighted by Gasteiger charge is 2.45. The van der Waals surface area contributed by atoms with Crippen LogP contribution in [0.3, 0.4) is 0 Å². The van der Waals surface area contributed by atoms with Crippen LogP contribution in [0.25, 0.3) is 0 Å². The Kier molecular flexibility index (Phi) is 8.92. The second-order valence-corrected chi connectivity index (χ2v) is 10.0. The van der Waals surface area contributed by atoms with Crippen molar-refractivity contribution in [2.24, 2.45) is 11.8 Å². The molecule has 2 aliphatic rings. The molecule has 9 heteroatoms. The van der Waals surface area contributed by atoms with Gasteiger partial charge in [0.15, 0.2) is 0 Å². The minimum Gasteiger partial charge on any atom is -0.392 e. The van der Waals surface area contributed by atoms with Gasteiger partial charge >= 0.3 is 7.82 Å². The first-order valence-electron chi connectivity index (χ1n) is 10.2. The number of aliphatic hydroxyl groups excluding tert-OH is 1. The Labute approximate surface area is 168 Å². The molecule has 0 aromatic carbocycles. The van der Waals surface area contributed by atoms with Gasteiger partial charge in [0.25, 0.3) is 0 Å². The third kappa shape index (κ3) is 7.03. The predicted octanol–water partition coefficient (Wildman–Crippen LogP) is 2.90. The molecule has 0 bridgehead atoms. The SMILES string of the molecule is CC(C)OC[C@@H]1C(OP(=O)(O)OC[C@H]2O[C@@H](C)CC2OC(C)C)C[C@H](C)C1O. The molecule has 1 saturated heterocycles. The molecular weight excluding hydrogens is 387 g/mol. The molecule has 1 heterocycles. The van der Waals surface area contributed by atoms with Gasteiger partial charge in [0.1, 0.15) is 6.10 Å². The Bertz CT molecular complexity index is 528. The first-order chi connectivity index (χ1) is 13.0. The molecule has 166 valence electrons. The Balaban J connectivity index is 1.91. The van der Waals surface area contributed by atoms with E-state index >= 15 is 0 Å². The maximum Gasteiger partial charge on any atom is 0.472 e. The van der Waals surface area contributed by atoms with Gasteiger partial charge in [-0.3, -0.25) is 9.05 Å². The Hall–Kier alpha value is -0.0500. The van der Waals surface area contributed by atoms with Crippen LogP contribution in [-0.2, 0) is 27.8 Å². The molecule has 1 aliphatic heterocycles. The first kappa shape index (κ1) is 24.2. The lowest BCUT2D eigenvalue weighted by Gasteiger charge is -2.26. The monoisotopic (exact) mass is 424 g/mol. The van der Waals surface area contributed by atoms with Gasteiger partial charge in [-0.15, -0.1) is 0 Å². The largest absolute Gasteiger partial charge is 0.472 e. The molecule has 8 nitrogen and oxygen atoms in total. The molecule has 4 unspecified atom stereocenters. The Morgan fingerprint density at radius 2 is 1.75 bits per heavy atom. The Morgan fingerprint density at radius 1 is 1.07 bits per heavy atom. The topological polar surface area (TPSA) is 104 Å². The highest BCUT2D eigenvalue weighted by molar-refractivity contribution is 7.47. The molecule has 1 saturated carbocycles. The highest BCUT2D eigenvalue weighted by Crippen LogP contribution is 2.50. The highest BCUT2D eigenvalue weighted by atomic mass is 31.2. The van der Waals surface area contributed by atoms with E-state index in [0.717, 1.165) is 0 Å². The number of phosphoric ester groups is 1. The molecule has 2 fully saturated rings. The molecule has 0 spiro atoms. The molecule has 2 N–H and O–H groups in total. The molecule has 1 aliphatic carbocycles. The predicted molar refractivity (Wildman–Crippen MR) is 104 cm³/mol. The van der Waals surface area contributed by atoms with Crippen LogP contribution < -0.4 is 0 Å². The summed E-state index contributed by atoms with van der Waals surface area (Å²) in [5, 5.41) is 10.4. The fourth-order valence-corrected chi connectivity index (χ4v) is 4.86. The van der Waals surface area contributed by atoms with Gasteiger partial charge in [-0.05, 0) is 47.0 Å². The van der Waals surface area contributed by atoms with Crippen molar-refractivity contribution >= 4 is 7.82 Å². The molecule has 0 radical (unpaired) electrons. The number of phosphoric acid groups is 1. The second-order valence-electron chi connectivity index (χ2n) is 8.60. The van der Waals surface area contributed by atoms with Crippen LogP contribution in [-0.4, -0.2) is 65.9 Å². The average molecular weight is 424 g/mol. The van der Waals surface area contributed by atoms with Crippen LogP contribution in [0.1, 0.15) is 54.4 Å². The van der Waals surface area contributed by atoms with E-state index in [1.54, 1.807) is 0 Å². The molecule has 0 aromatic heterocycles. The quantitative estimate of drug-likeness (QED) is 0.516. The lowest BCUT2D eigenvalue weighted by atomic mass is 10.0. The summed E-state index contributed by atoms with van der Waals surface area (Å²) in [6.45, 7) is 11.7. The van der Waals surface area contributed by atoms with Crippen molar-refractivity contribution in [1.82, 2.24) is 0 Å². The van der Waals surface area contributed by atoms with E-state index in [-0.39, 0.29) is 49.5 Å². The van der Waals surface area contributed by atoms with Gasteiger partial charge in [-0.2, -0.15) is 0 Å². The fraction of sp³-hybridized carbons (Fsp3) is 1.00. The number of hydrogen-bond acceptors (Lipinski definition) is 7.